The van der Waals surface area contributed by atoms with Gasteiger partial charge in [0.1, 0.15) is 48.8 Å². The van der Waals surface area contributed by atoms with E-state index in [1.165, 1.54) is 0 Å². The third-order valence-corrected chi connectivity index (χ3v) is 12.3. The van der Waals surface area contributed by atoms with Gasteiger partial charge >= 0.3 is 0 Å². The molecule has 364 valence electrons. The number of ether oxygens (including phenoxy) is 11. The summed E-state index contributed by atoms with van der Waals surface area (Å²) in [5.41, 5.74) is 14.8. The maximum absolute atomic E-state index is 9.13. The van der Waals surface area contributed by atoms with Gasteiger partial charge in [-0.2, -0.15) is 0 Å². The molecule has 0 saturated carbocycles. The Hall–Kier alpha value is -5.81. The Morgan fingerprint density at radius 2 is 0.929 bits per heavy atom. The standard InChI is InChI=1S/C56H59N3O11/c57-59-58-31-32-61-55-52(64-36-43-25-13-4-14-26-43)50(62-34-41-21-9-2-10-22-41)48(46(67-55)38-60-33-40-19-7-1-8-20-40)70-56-53(65-37-44-27-15-5-16-28-44)51(63-35-42-23-11-3-12-24-42)49-47(68-56)39-66-54(69-49)45-29-17-6-18-30-45/h1-30,46-56H,31-39H2/t46?,47?,48-,49+,50?,51?,52?,53?,54?,55-,56+/m1/s1. The number of nitrogens with zero attached hydrogens (tertiary/aromatic N) is 3. The number of fused-ring (bicyclic) bond motifs is 1. The Bertz CT molecular complexity index is 2460. The molecule has 7 unspecified atom stereocenters. The lowest BCUT2D eigenvalue weighted by molar-refractivity contribution is -0.397. The van der Waals surface area contributed by atoms with E-state index in [-0.39, 0.29) is 52.8 Å². The minimum Gasteiger partial charge on any atom is -0.374 e. The van der Waals surface area contributed by atoms with Crippen LogP contribution in [0.1, 0.15) is 39.7 Å². The largest absolute Gasteiger partial charge is 0.374 e. The van der Waals surface area contributed by atoms with Crippen molar-refractivity contribution in [1.82, 2.24) is 0 Å². The highest BCUT2D eigenvalue weighted by molar-refractivity contribution is 5.19. The summed E-state index contributed by atoms with van der Waals surface area (Å²) in [6.45, 7) is 1.59. The van der Waals surface area contributed by atoms with Crippen LogP contribution in [-0.4, -0.2) is 87.8 Å². The first-order valence-electron chi connectivity index (χ1n) is 23.8. The summed E-state index contributed by atoms with van der Waals surface area (Å²) >= 11 is 0. The van der Waals surface area contributed by atoms with Crippen molar-refractivity contribution in [2.45, 2.75) is 101 Å². The van der Waals surface area contributed by atoms with Crippen LogP contribution < -0.4 is 0 Å². The zero-order chi connectivity index (χ0) is 47.6. The molecule has 0 spiro atoms. The zero-order valence-electron chi connectivity index (χ0n) is 38.9. The van der Waals surface area contributed by atoms with Gasteiger partial charge in [-0.05, 0) is 33.3 Å². The Kier molecular flexibility index (Phi) is 18.2. The van der Waals surface area contributed by atoms with Gasteiger partial charge in [-0.15, -0.1) is 0 Å². The molecule has 0 aromatic heterocycles. The number of hydrogen-bond acceptors (Lipinski definition) is 12. The van der Waals surface area contributed by atoms with Crippen molar-refractivity contribution in [3.8, 4) is 0 Å². The second-order valence-corrected chi connectivity index (χ2v) is 17.2. The van der Waals surface area contributed by atoms with Gasteiger partial charge in [-0.3, -0.25) is 0 Å². The monoisotopic (exact) mass is 949 g/mol. The average Bonchev–Trinajstić information content (AvgIpc) is 3.42. The quantitative estimate of drug-likeness (QED) is 0.0261. The fourth-order valence-corrected chi connectivity index (χ4v) is 8.82. The van der Waals surface area contributed by atoms with Crippen molar-refractivity contribution in [1.29, 1.82) is 0 Å². The van der Waals surface area contributed by atoms with Crippen LogP contribution in [0.15, 0.2) is 187 Å². The Morgan fingerprint density at radius 3 is 1.44 bits per heavy atom. The molecule has 0 amide bonds. The molecule has 6 aromatic carbocycles. The van der Waals surface area contributed by atoms with Crippen LogP contribution in [0.2, 0.25) is 0 Å². The summed E-state index contributed by atoms with van der Waals surface area (Å²) in [6, 6.07) is 59.4. The van der Waals surface area contributed by atoms with Crippen LogP contribution in [0.5, 0.6) is 0 Å². The van der Waals surface area contributed by atoms with Crippen LogP contribution >= 0.6 is 0 Å². The van der Waals surface area contributed by atoms with Crippen molar-refractivity contribution in [2.75, 3.05) is 26.4 Å². The maximum atomic E-state index is 9.13. The van der Waals surface area contributed by atoms with E-state index in [0.717, 1.165) is 33.4 Å². The normalized spacial score (nSPS) is 26.4. The third kappa shape index (κ3) is 13.5. The SMILES string of the molecule is [N-]=[N+]=NCCO[C@@H]1OC(COCc2ccccc2)[C@@H](O[C@@H]2OC3COC(c4ccccc4)O[C@@H]3C(OCc3ccccc3)C2OCc2ccccc2)C(OCc2ccccc2)C1OCc1ccccc1. The molecule has 70 heavy (non-hydrogen) atoms. The van der Waals surface area contributed by atoms with Gasteiger partial charge in [-0.25, -0.2) is 0 Å². The number of benzene rings is 6. The van der Waals surface area contributed by atoms with Crippen molar-refractivity contribution in [2.24, 2.45) is 5.11 Å². The van der Waals surface area contributed by atoms with Crippen molar-refractivity contribution < 1.29 is 52.1 Å². The Balaban J connectivity index is 1.09. The highest BCUT2D eigenvalue weighted by Gasteiger charge is 2.56. The molecule has 0 radical (unpaired) electrons. The number of azide groups is 1. The fourth-order valence-electron chi connectivity index (χ4n) is 8.82. The van der Waals surface area contributed by atoms with E-state index >= 15 is 0 Å². The summed E-state index contributed by atoms with van der Waals surface area (Å²) in [5, 5.41) is 3.72. The molecule has 0 bridgehead atoms. The molecule has 3 aliphatic rings. The predicted octanol–water partition coefficient (Wildman–Crippen LogP) is 9.82. The minimum atomic E-state index is -1.09. The molecule has 3 aliphatic heterocycles. The first-order chi connectivity index (χ1) is 34.7. The smallest absolute Gasteiger partial charge is 0.187 e. The summed E-state index contributed by atoms with van der Waals surface area (Å²) in [7, 11) is 0. The molecule has 9 rings (SSSR count). The van der Waals surface area contributed by atoms with Gasteiger partial charge in [0.2, 0.25) is 0 Å². The lowest BCUT2D eigenvalue weighted by Gasteiger charge is -2.51. The maximum Gasteiger partial charge on any atom is 0.187 e. The van der Waals surface area contributed by atoms with Crippen LogP contribution in [-0.2, 0) is 85.1 Å². The predicted molar refractivity (Wildman–Crippen MR) is 258 cm³/mol. The van der Waals surface area contributed by atoms with E-state index in [2.05, 4.69) is 10.0 Å². The minimum absolute atomic E-state index is 0.0586. The number of hydrogen-bond donors (Lipinski definition) is 0. The lowest BCUT2D eigenvalue weighted by Crippen LogP contribution is -2.67. The topological polar surface area (TPSA) is 150 Å². The molecule has 3 saturated heterocycles. The highest BCUT2D eigenvalue weighted by Crippen LogP contribution is 2.40. The summed E-state index contributed by atoms with van der Waals surface area (Å²) < 4.78 is 75.3. The van der Waals surface area contributed by atoms with Crippen molar-refractivity contribution >= 4 is 0 Å². The molecular weight excluding hydrogens is 891 g/mol. The molecule has 11 atom stereocenters. The average molecular weight is 950 g/mol. The first kappa shape index (κ1) is 49.2. The van der Waals surface area contributed by atoms with E-state index in [1.807, 2.05) is 182 Å². The van der Waals surface area contributed by atoms with E-state index in [0.29, 0.717) is 6.61 Å². The summed E-state index contributed by atoms with van der Waals surface area (Å²) in [6.07, 6.45) is -9.05. The van der Waals surface area contributed by atoms with E-state index in [9.17, 15) is 0 Å². The van der Waals surface area contributed by atoms with Crippen LogP contribution in [0.25, 0.3) is 10.4 Å². The van der Waals surface area contributed by atoms with Crippen LogP contribution in [0.4, 0.5) is 0 Å². The van der Waals surface area contributed by atoms with Gasteiger partial charge in [0.15, 0.2) is 18.9 Å². The summed E-state index contributed by atoms with van der Waals surface area (Å²) in [4.78, 5) is 2.93. The van der Waals surface area contributed by atoms with Crippen molar-refractivity contribution in [3.05, 3.63) is 226 Å². The van der Waals surface area contributed by atoms with Gasteiger partial charge < -0.3 is 52.1 Å². The van der Waals surface area contributed by atoms with E-state index in [1.54, 1.807) is 0 Å². The number of rotatable bonds is 23. The van der Waals surface area contributed by atoms with Gasteiger partial charge in [0.25, 0.3) is 0 Å². The molecule has 14 heteroatoms. The molecule has 0 aliphatic carbocycles. The van der Waals surface area contributed by atoms with Crippen LogP contribution in [0, 0.1) is 0 Å². The highest BCUT2D eigenvalue weighted by atomic mass is 16.8. The lowest BCUT2D eigenvalue weighted by atomic mass is 9.95. The third-order valence-electron chi connectivity index (χ3n) is 12.3. The zero-order valence-corrected chi connectivity index (χ0v) is 38.9. The molecular formula is C56H59N3O11. The van der Waals surface area contributed by atoms with Gasteiger partial charge in [0.05, 0.1) is 52.9 Å². The molecule has 0 N–H and O–H groups in total. The molecule has 6 aromatic rings. The second kappa shape index (κ2) is 25.9. The van der Waals surface area contributed by atoms with E-state index < -0.39 is 67.7 Å². The molecule has 3 fully saturated rings. The first-order valence-corrected chi connectivity index (χ1v) is 23.8. The summed E-state index contributed by atoms with van der Waals surface area (Å²) in [5.74, 6) is 0. The van der Waals surface area contributed by atoms with Gasteiger partial charge in [0, 0.05) is 17.0 Å². The second-order valence-electron chi connectivity index (χ2n) is 17.2. The molecule has 3 heterocycles. The Labute approximate surface area is 408 Å². The fraction of sp³-hybridized carbons (Fsp3) is 0.357. The van der Waals surface area contributed by atoms with Gasteiger partial charge in [-0.1, -0.05) is 187 Å². The van der Waals surface area contributed by atoms with Crippen LogP contribution in [0.3, 0.4) is 0 Å². The van der Waals surface area contributed by atoms with E-state index in [4.69, 9.17) is 57.6 Å². The molecule has 14 nitrogen and oxygen atoms in total. The van der Waals surface area contributed by atoms with Crippen molar-refractivity contribution in [3.63, 3.8) is 0 Å². The Morgan fingerprint density at radius 1 is 0.471 bits per heavy atom.